The first kappa shape index (κ1) is 29.2. The standard InChI is InChI=1S/C34H38N2O3S/c1-24(2)39-30-18-16-27(17-19-30)33(37)35-22-8-4-5-11-32(29-15-14-26-9-6-7-10-28(26)23-29)34(38)36-40-31-20-12-25(3)13-21-31/h6-7,9-10,12-21,23-24,32H,4-5,8,11,22H2,1-3H3,(H,35,37)(H,36,38). The predicted molar refractivity (Wildman–Crippen MR) is 165 cm³/mol. The number of rotatable bonds is 13. The molecule has 5 nitrogen and oxygen atoms in total. The van der Waals surface area contributed by atoms with Gasteiger partial charge in [0.1, 0.15) is 5.75 Å². The van der Waals surface area contributed by atoms with E-state index in [1.807, 2.05) is 62.4 Å². The number of unbranched alkanes of at least 4 members (excludes halogenated alkanes) is 2. The third kappa shape index (κ3) is 8.62. The molecule has 2 amide bonds. The van der Waals surface area contributed by atoms with E-state index in [2.05, 4.69) is 47.3 Å². The highest BCUT2D eigenvalue weighted by molar-refractivity contribution is 7.98. The maximum absolute atomic E-state index is 13.4. The number of nitrogens with one attached hydrogen (secondary N) is 2. The fourth-order valence-corrected chi connectivity index (χ4v) is 5.20. The van der Waals surface area contributed by atoms with Crippen LogP contribution >= 0.6 is 11.9 Å². The van der Waals surface area contributed by atoms with Gasteiger partial charge in [0.25, 0.3) is 5.91 Å². The molecule has 0 aliphatic heterocycles. The molecule has 1 atom stereocenters. The largest absolute Gasteiger partial charge is 0.491 e. The van der Waals surface area contributed by atoms with Crippen LogP contribution in [0, 0.1) is 6.92 Å². The molecule has 40 heavy (non-hydrogen) atoms. The van der Waals surface area contributed by atoms with E-state index in [1.54, 1.807) is 12.1 Å². The van der Waals surface area contributed by atoms with Crippen molar-refractivity contribution in [3.8, 4) is 5.75 Å². The molecule has 0 fully saturated rings. The summed E-state index contributed by atoms with van der Waals surface area (Å²) in [6, 6.07) is 29.9. The molecule has 0 heterocycles. The van der Waals surface area contributed by atoms with Gasteiger partial charge in [0.05, 0.1) is 12.0 Å². The first-order chi connectivity index (χ1) is 19.4. The van der Waals surface area contributed by atoms with Crippen LogP contribution in [-0.4, -0.2) is 24.5 Å². The third-order valence-electron chi connectivity index (χ3n) is 6.73. The lowest BCUT2D eigenvalue weighted by atomic mass is 9.91. The van der Waals surface area contributed by atoms with Crippen molar-refractivity contribution in [1.82, 2.24) is 10.0 Å². The van der Waals surface area contributed by atoms with Gasteiger partial charge < -0.3 is 10.1 Å². The fraction of sp³-hybridized carbons (Fsp3) is 0.294. The normalized spacial score (nSPS) is 11.8. The number of hydrogen-bond acceptors (Lipinski definition) is 4. The number of carbonyl (C=O) groups is 2. The van der Waals surface area contributed by atoms with E-state index in [0.717, 1.165) is 52.7 Å². The summed E-state index contributed by atoms with van der Waals surface area (Å²) in [7, 11) is 0. The van der Waals surface area contributed by atoms with Crippen LogP contribution in [0.25, 0.3) is 10.8 Å². The van der Waals surface area contributed by atoms with E-state index in [0.29, 0.717) is 12.1 Å². The summed E-state index contributed by atoms with van der Waals surface area (Å²) in [6.07, 6.45) is 3.49. The lowest BCUT2D eigenvalue weighted by molar-refractivity contribution is -0.120. The number of benzene rings is 4. The number of aryl methyl sites for hydroxylation is 1. The Morgan fingerprint density at radius 1 is 0.825 bits per heavy atom. The van der Waals surface area contributed by atoms with Crippen molar-refractivity contribution < 1.29 is 14.3 Å². The minimum absolute atomic E-state index is 0.0130. The van der Waals surface area contributed by atoms with Crippen LogP contribution in [0.3, 0.4) is 0 Å². The van der Waals surface area contributed by atoms with Gasteiger partial charge in [-0.15, -0.1) is 0 Å². The van der Waals surface area contributed by atoms with Crippen molar-refractivity contribution in [2.45, 2.75) is 63.4 Å². The van der Waals surface area contributed by atoms with Gasteiger partial charge in [0, 0.05) is 17.0 Å². The van der Waals surface area contributed by atoms with Gasteiger partial charge in [-0.25, -0.2) is 0 Å². The Hall–Kier alpha value is -3.77. The maximum Gasteiger partial charge on any atom is 0.251 e. The fourth-order valence-electron chi connectivity index (χ4n) is 4.57. The van der Waals surface area contributed by atoms with E-state index >= 15 is 0 Å². The Kier molecular flexibility index (Phi) is 10.6. The Bertz CT molecular complexity index is 1400. The summed E-state index contributed by atoms with van der Waals surface area (Å²) in [5, 5.41) is 5.30. The topological polar surface area (TPSA) is 67.4 Å². The van der Waals surface area contributed by atoms with E-state index in [-0.39, 0.29) is 23.8 Å². The highest BCUT2D eigenvalue weighted by atomic mass is 32.2. The van der Waals surface area contributed by atoms with Crippen LogP contribution in [0.1, 0.15) is 66.9 Å². The van der Waals surface area contributed by atoms with Crippen molar-refractivity contribution in [2.75, 3.05) is 6.54 Å². The molecule has 0 aromatic heterocycles. The highest BCUT2D eigenvalue weighted by Crippen LogP contribution is 2.28. The van der Waals surface area contributed by atoms with Crippen molar-refractivity contribution in [1.29, 1.82) is 0 Å². The van der Waals surface area contributed by atoms with Crippen molar-refractivity contribution >= 4 is 34.5 Å². The summed E-state index contributed by atoms with van der Waals surface area (Å²) in [4.78, 5) is 26.9. The zero-order valence-corrected chi connectivity index (χ0v) is 24.3. The molecule has 6 heteroatoms. The zero-order chi connectivity index (χ0) is 28.3. The number of carbonyl (C=O) groups excluding carboxylic acids is 2. The molecule has 0 saturated carbocycles. The number of amides is 2. The monoisotopic (exact) mass is 554 g/mol. The van der Waals surface area contributed by atoms with Crippen LogP contribution in [0.2, 0.25) is 0 Å². The summed E-state index contributed by atoms with van der Waals surface area (Å²) in [5.41, 5.74) is 2.84. The Morgan fingerprint density at radius 3 is 2.27 bits per heavy atom. The van der Waals surface area contributed by atoms with E-state index in [1.165, 1.54) is 17.5 Å². The molecule has 0 aliphatic carbocycles. The Morgan fingerprint density at radius 2 is 1.55 bits per heavy atom. The average Bonchev–Trinajstić information content (AvgIpc) is 2.96. The Balaban J connectivity index is 1.30. The highest BCUT2D eigenvalue weighted by Gasteiger charge is 2.21. The molecule has 208 valence electrons. The molecular weight excluding hydrogens is 516 g/mol. The molecule has 4 aromatic carbocycles. The van der Waals surface area contributed by atoms with Crippen LogP contribution in [-0.2, 0) is 4.79 Å². The van der Waals surface area contributed by atoms with E-state index < -0.39 is 0 Å². The van der Waals surface area contributed by atoms with E-state index in [4.69, 9.17) is 4.74 Å². The van der Waals surface area contributed by atoms with Gasteiger partial charge in [0.2, 0.25) is 5.91 Å². The minimum Gasteiger partial charge on any atom is -0.491 e. The van der Waals surface area contributed by atoms with Crippen molar-refractivity contribution in [3.63, 3.8) is 0 Å². The van der Waals surface area contributed by atoms with Crippen LogP contribution < -0.4 is 14.8 Å². The summed E-state index contributed by atoms with van der Waals surface area (Å²) < 4.78 is 8.72. The maximum atomic E-state index is 13.4. The van der Waals surface area contributed by atoms with Gasteiger partial charge in [-0.3, -0.25) is 14.3 Å². The van der Waals surface area contributed by atoms with Crippen molar-refractivity contribution in [3.05, 3.63) is 108 Å². The molecule has 0 saturated heterocycles. The number of fused-ring (bicyclic) bond motifs is 1. The smallest absolute Gasteiger partial charge is 0.251 e. The zero-order valence-electron chi connectivity index (χ0n) is 23.5. The minimum atomic E-state index is -0.247. The van der Waals surface area contributed by atoms with Crippen LogP contribution in [0.15, 0.2) is 95.9 Å². The second-order valence-electron chi connectivity index (χ2n) is 10.3. The lowest BCUT2D eigenvalue weighted by Crippen LogP contribution is -2.25. The van der Waals surface area contributed by atoms with Gasteiger partial charge >= 0.3 is 0 Å². The van der Waals surface area contributed by atoms with E-state index in [9.17, 15) is 9.59 Å². The molecule has 0 radical (unpaired) electrons. The first-order valence-corrected chi connectivity index (χ1v) is 14.8. The molecular formula is C34H38N2O3S. The molecule has 2 N–H and O–H groups in total. The third-order valence-corrected chi connectivity index (χ3v) is 7.54. The van der Waals surface area contributed by atoms with Gasteiger partial charge in [-0.2, -0.15) is 0 Å². The van der Waals surface area contributed by atoms with Crippen LogP contribution in [0.4, 0.5) is 0 Å². The molecule has 4 aromatic rings. The molecule has 0 bridgehead atoms. The first-order valence-electron chi connectivity index (χ1n) is 14.0. The molecule has 1 unspecified atom stereocenters. The Labute approximate surface area is 241 Å². The summed E-state index contributed by atoms with van der Waals surface area (Å²) in [6.45, 7) is 6.59. The number of ether oxygens (including phenoxy) is 1. The van der Waals surface area contributed by atoms with Crippen molar-refractivity contribution in [2.24, 2.45) is 0 Å². The lowest BCUT2D eigenvalue weighted by Gasteiger charge is -2.18. The predicted octanol–water partition coefficient (Wildman–Crippen LogP) is 7.83. The van der Waals surface area contributed by atoms with Gasteiger partial charge in [0.15, 0.2) is 0 Å². The summed E-state index contributed by atoms with van der Waals surface area (Å²) in [5.74, 6) is 0.439. The molecule has 0 aliphatic rings. The summed E-state index contributed by atoms with van der Waals surface area (Å²) >= 11 is 1.36. The second kappa shape index (κ2) is 14.6. The second-order valence-corrected chi connectivity index (χ2v) is 11.2. The van der Waals surface area contributed by atoms with Crippen LogP contribution in [0.5, 0.6) is 5.75 Å². The quantitative estimate of drug-likeness (QED) is 0.131. The number of hydrogen-bond donors (Lipinski definition) is 2. The SMILES string of the molecule is Cc1ccc(SNC(=O)C(CCCCCNC(=O)c2ccc(OC(C)C)cc2)c2ccc3ccccc3c2)cc1. The molecule has 4 rings (SSSR count). The average molecular weight is 555 g/mol. The van der Waals surface area contributed by atoms with Gasteiger partial charge in [-0.1, -0.05) is 73.0 Å². The molecule has 0 spiro atoms. The van der Waals surface area contributed by atoms with Gasteiger partial charge in [-0.05, 0) is 98.3 Å².